The molecule has 36 heavy (non-hydrogen) atoms. The van der Waals surface area contributed by atoms with Crippen LogP contribution < -0.4 is 0 Å². The van der Waals surface area contributed by atoms with Gasteiger partial charge in [-0.15, -0.1) is 0 Å². The Bertz CT molecular complexity index is 1430. The molecule has 2 heterocycles. The quantitative estimate of drug-likeness (QED) is 0.227. The molecule has 0 saturated heterocycles. The first-order valence-corrected chi connectivity index (χ1v) is 12.1. The number of carbonyl (C=O) groups is 2. The third-order valence-corrected chi connectivity index (χ3v) is 6.96. The van der Waals surface area contributed by atoms with Crippen LogP contribution in [0.15, 0.2) is 66.9 Å². The molecule has 0 spiro atoms. The Hall–Kier alpha value is -4.10. The third-order valence-electron chi connectivity index (χ3n) is 6.96. The second-order valence-electron chi connectivity index (χ2n) is 9.15. The number of hydrogen-bond acceptors (Lipinski definition) is 4. The van der Waals surface area contributed by atoms with Crippen molar-refractivity contribution in [3.63, 3.8) is 0 Å². The molecular formula is C29H29N3O4. The van der Waals surface area contributed by atoms with E-state index in [-0.39, 0.29) is 17.7 Å². The first-order valence-electron chi connectivity index (χ1n) is 12.1. The van der Waals surface area contributed by atoms with E-state index in [2.05, 4.69) is 51.4 Å². The first kappa shape index (κ1) is 23.6. The summed E-state index contributed by atoms with van der Waals surface area (Å²) in [6, 6.07) is 18.4. The lowest BCUT2D eigenvalue weighted by Gasteiger charge is -2.29. The van der Waals surface area contributed by atoms with E-state index in [0.717, 1.165) is 42.6 Å². The monoisotopic (exact) mass is 483 g/mol. The van der Waals surface area contributed by atoms with Crippen LogP contribution in [-0.4, -0.2) is 45.6 Å². The topological polar surface area (TPSA) is 98.4 Å². The van der Waals surface area contributed by atoms with Gasteiger partial charge in [-0.05, 0) is 65.8 Å². The van der Waals surface area contributed by atoms with Gasteiger partial charge in [-0.3, -0.25) is 4.90 Å². The number of aromatic nitrogens is 2. The maximum Gasteiger partial charge on any atom is 0.352 e. The molecular weight excluding hydrogens is 454 g/mol. The molecule has 0 radical (unpaired) electrons. The fraction of sp³-hybridized carbons (Fsp3) is 0.241. The van der Waals surface area contributed by atoms with Crippen molar-refractivity contribution >= 4 is 28.9 Å². The molecule has 1 aliphatic carbocycles. The maximum atomic E-state index is 11.5. The second kappa shape index (κ2) is 10.3. The molecule has 0 bridgehead atoms. The SMILES string of the molecule is COC(=O)/C=C/c1ccc2c(c1)CCC2N(CCc1c[nH]c2ccccc12)Cc1ccc(C(=O)O)[nH]1. The average Bonchev–Trinajstić information content (AvgIpc) is 3.63. The summed E-state index contributed by atoms with van der Waals surface area (Å²) in [7, 11) is 1.37. The number of hydrogen-bond donors (Lipinski definition) is 3. The van der Waals surface area contributed by atoms with Gasteiger partial charge in [0.1, 0.15) is 5.69 Å². The summed E-state index contributed by atoms with van der Waals surface area (Å²) in [5.74, 6) is -1.33. The number of carbonyl (C=O) groups excluding carboxylic acids is 1. The number of aromatic carboxylic acids is 1. The second-order valence-corrected chi connectivity index (χ2v) is 9.15. The number of methoxy groups -OCH3 is 1. The number of para-hydroxylation sites is 1. The summed E-state index contributed by atoms with van der Waals surface area (Å²) in [4.78, 5) is 31.7. The summed E-state index contributed by atoms with van der Waals surface area (Å²) in [6.45, 7) is 1.46. The molecule has 1 atom stereocenters. The van der Waals surface area contributed by atoms with E-state index in [1.807, 2.05) is 18.2 Å². The standard InChI is InChI=1S/C29H29N3O4/c1-36-28(33)13-7-19-6-10-24-20(16-19)8-12-27(24)32(18-22-9-11-26(31-22)29(34)35)15-14-21-17-30-25-5-3-2-4-23(21)25/h2-7,9-11,13,16-17,27,30-31H,8,12,14-15,18H2,1H3,(H,34,35)/b13-7+. The van der Waals surface area contributed by atoms with Crippen LogP contribution in [0.3, 0.4) is 0 Å². The lowest BCUT2D eigenvalue weighted by atomic mass is 10.0. The molecule has 7 nitrogen and oxygen atoms in total. The van der Waals surface area contributed by atoms with Crippen molar-refractivity contribution < 1.29 is 19.4 Å². The van der Waals surface area contributed by atoms with E-state index in [0.29, 0.717) is 6.54 Å². The summed E-state index contributed by atoms with van der Waals surface area (Å²) >= 11 is 0. The predicted octanol–water partition coefficient (Wildman–Crippen LogP) is 5.11. The van der Waals surface area contributed by atoms with Gasteiger partial charge in [0.25, 0.3) is 0 Å². The van der Waals surface area contributed by atoms with Gasteiger partial charge in [0.15, 0.2) is 0 Å². The van der Waals surface area contributed by atoms with E-state index in [1.54, 1.807) is 12.1 Å². The van der Waals surface area contributed by atoms with Crippen molar-refractivity contribution in [2.45, 2.75) is 31.8 Å². The van der Waals surface area contributed by atoms with Crippen LogP contribution >= 0.6 is 0 Å². The van der Waals surface area contributed by atoms with Gasteiger partial charge in [-0.2, -0.15) is 0 Å². The smallest absolute Gasteiger partial charge is 0.352 e. The van der Waals surface area contributed by atoms with E-state index < -0.39 is 5.97 Å². The number of nitrogens with one attached hydrogen (secondary N) is 2. The van der Waals surface area contributed by atoms with Gasteiger partial charge >= 0.3 is 11.9 Å². The molecule has 2 aromatic heterocycles. The molecule has 1 unspecified atom stereocenters. The first-order chi connectivity index (χ1) is 17.5. The van der Waals surface area contributed by atoms with Gasteiger partial charge < -0.3 is 19.8 Å². The largest absolute Gasteiger partial charge is 0.477 e. The molecule has 0 amide bonds. The number of rotatable bonds is 9. The molecule has 1 aliphatic rings. The normalized spacial score (nSPS) is 15.1. The van der Waals surface area contributed by atoms with Crippen LogP contribution in [0.1, 0.15) is 50.9 Å². The molecule has 0 fully saturated rings. The number of esters is 1. The molecule has 7 heteroatoms. The number of ether oxygens (including phenoxy) is 1. The minimum absolute atomic E-state index is 0.204. The number of fused-ring (bicyclic) bond motifs is 2. The Kier molecular flexibility index (Phi) is 6.73. The molecule has 184 valence electrons. The molecule has 5 rings (SSSR count). The molecule has 0 aliphatic heterocycles. The van der Waals surface area contributed by atoms with Crippen LogP contribution in [-0.2, 0) is 28.9 Å². The third kappa shape index (κ3) is 4.97. The summed E-state index contributed by atoms with van der Waals surface area (Å²) in [6.07, 6.45) is 8.12. The summed E-state index contributed by atoms with van der Waals surface area (Å²) in [5.41, 5.74) is 7.03. The number of nitrogens with zero attached hydrogens (tertiary/aromatic N) is 1. The number of aromatic amines is 2. The Morgan fingerprint density at radius 1 is 1.17 bits per heavy atom. The Morgan fingerprint density at radius 3 is 2.83 bits per heavy atom. The lowest BCUT2D eigenvalue weighted by molar-refractivity contribution is -0.134. The Morgan fingerprint density at radius 2 is 2.03 bits per heavy atom. The highest BCUT2D eigenvalue weighted by molar-refractivity contribution is 5.87. The minimum Gasteiger partial charge on any atom is -0.477 e. The van der Waals surface area contributed by atoms with Gasteiger partial charge in [0.2, 0.25) is 0 Å². The fourth-order valence-corrected chi connectivity index (χ4v) is 5.15. The van der Waals surface area contributed by atoms with E-state index in [1.165, 1.54) is 35.3 Å². The zero-order chi connectivity index (χ0) is 25.1. The zero-order valence-electron chi connectivity index (χ0n) is 20.2. The molecule has 2 aromatic carbocycles. The van der Waals surface area contributed by atoms with Crippen molar-refractivity contribution in [3.05, 3.63) is 101 Å². The fourth-order valence-electron chi connectivity index (χ4n) is 5.15. The Labute approximate surface area is 209 Å². The van der Waals surface area contributed by atoms with Crippen molar-refractivity contribution in [3.8, 4) is 0 Å². The van der Waals surface area contributed by atoms with Crippen molar-refractivity contribution in [2.24, 2.45) is 0 Å². The maximum absolute atomic E-state index is 11.5. The Balaban J connectivity index is 1.40. The predicted molar refractivity (Wildman–Crippen MR) is 139 cm³/mol. The average molecular weight is 484 g/mol. The number of benzene rings is 2. The number of carboxylic acids is 1. The van der Waals surface area contributed by atoms with E-state index in [4.69, 9.17) is 4.74 Å². The summed E-state index contributed by atoms with van der Waals surface area (Å²) < 4.78 is 4.70. The van der Waals surface area contributed by atoms with Crippen molar-refractivity contribution in [2.75, 3.05) is 13.7 Å². The molecule has 3 N–H and O–H groups in total. The van der Waals surface area contributed by atoms with Gasteiger partial charge in [-0.25, -0.2) is 9.59 Å². The number of aryl methyl sites for hydroxylation is 1. The van der Waals surface area contributed by atoms with Crippen molar-refractivity contribution in [1.82, 2.24) is 14.9 Å². The zero-order valence-corrected chi connectivity index (χ0v) is 20.2. The molecule has 0 saturated carbocycles. The number of carboxylic acid groups (broad SMARTS) is 1. The minimum atomic E-state index is -0.953. The van der Waals surface area contributed by atoms with E-state index >= 15 is 0 Å². The van der Waals surface area contributed by atoms with Crippen molar-refractivity contribution in [1.29, 1.82) is 0 Å². The van der Waals surface area contributed by atoms with Crippen LogP contribution in [0.4, 0.5) is 0 Å². The van der Waals surface area contributed by atoms with Crippen LogP contribution in [0.2, 0.25) is 0 Å². The number of H-pyrrole nitrogens is 2. The van der Waals surface area contributed by atoms with Crippen LogP contribution in [0, 0.1) is 0 Å². The lowest BCUT2D eigenvalue weighted by Crippen LogP contribution is -2.29. The van der Waals surface area contributed by atoms with E-state index in [9.17, 15) is 14.7 Å². The highest BCUT2D eigenvalue weighted by Crippen LogP contribution is 2.37. The van der Waals surface area contributed by atoms with Crippen LogP contribution in [0.25, 0.3) is 17.0 Å². The van der Waals surface area contributed by atoms with Gasteiger partial charge in [0.05, 0.1) is 7.11 Å². The molecule has 4 aromatic rings. The highest BCUT2D eigenvalue weighted by Gasteiger charge is 2.28. The highest BCUT2D eigenvalue weighted by atomic mass is 16.5. The van der Waals surface area contributed by atoms with Gasteiger partial charge in [0, 0.05) is 48.0 Å². The van der Waals surface area contributed by atoms with Gasteiger partial charge in [-0.1, -0.05) is 36.4 Å². The van der Waals surface area contributed by atoms with Crippen LogP contribution in [0.5, 0.6) is 0 Å². The summed E-state index contributed by atoms with van der Waals surface area (Å²) in [5, 5.41) is 10.6.